The number of ether oxygens (including phenoxy) is 1. The zero-order valence-electron chi connectivity index (χ0n) is 22.5. The Bertz CT molecular complexity index is 827. The lowest BCUT2D eigenvalue weighted by molar-refractivity contribution is -0.150. The second kappa shape index (κ2) is 10.3. The normalized spacial score (nSPS) is 14.5. The highest BCUT2D eigenvalue weighted by atomic mass is 16.5. The number of hydrogen-bond acceptors (Lipinski definition) is 7. The van der Waals surface area contributed by atoms with Gasteiger partial charge in [-0.1, -0.05) is 13.8 Å². The summed E-state index contributed by atoms with van der Waals surface area (Å²) in [7, 11) is 1.20. The van der Waals surface area contributed by atoms with Gasteiger partial charge in [0.05, 0.1) is 7.11 Å². The lowest BCUT2D eigenvalue weighted by Gasteiger charge is -2.36. The number of hydrogen-bond donors (Lipinski definition) is 5. The SMILES string of the molecule is COC(=O)C(C)(C)NC(=O)C(C)(C)NC(=O)C(C)(C)NC(=O)C(C)(C)NC(=O)[C@@](C)(O)C(C)C. The molecular formula is C23H42N4O7. The second-order valence-electron chi connectivity index (χ2n) is 11.1. The molecule has 0 saturated carbocycles. The summed E-state index contributed by atoms with van der Waals surface area (Å²) in [5, 5.41) is 20.5. The van der Waals surface area contributed by atoms with Crippen molar-refractivity contribution in [1.82, 2.24) is 21.3 Å². The number of nitrogens with one attached hydrogen (secondary N) is 4. The maximum atomic E-state index is 12.9. The van der Waals surface area contributed by atoms with E-state index in [1.165, 1.54) is 69.4 Å². The zero-order valence-corrected chi connectivity index (χ0v) is 22.5. The quantitative estimate of drug-likeness (QED) is 0.274. The van der Waals surface area contributed by atoms with E-state index in [1.807, 2.05) is 0 Å². The first-order valence-electron chi connectivity index (χ1n) is 11.0. The standard InChI is InChI=1S/C23H42N4O7/c1-13(2)23(11,33)17(31)27-21(7,8)15(29)25-19(3,4)14(28)24-20(5,6)16(30)26-22(9,10)18(32)34-12/h13,33H,1-12H3,(H,24,28)(H,25,29)(H,26,30)(H,27,31)/t23-/m0/s1. The van der Waals surface area contributed by atoms with Crippen LogP contribution in [0.1, 0.15) is 76.2 Å². The Kier molecular flexibility index (Phi) is 9.47. The van der Waals surface area contributed by atoms with Gasteiger partial charge in [-0.15, -0.1) is 0 Å². The smallest absolute Gasteiger partial charge is 0.330 e. The number of carbonyl (C=O) groups is 5. The summed E-state index contributed by atoms with van der Waals surface area (Å²) in [6.07, 6.45) is 0. The monoisotopic (exact) mass is 486 g/mol. The van der Waals surface area contributed by atoms with Gasteiger partial charge in [0.15, 0.2) is 0 Å². The van der Waals surface area contributed by atoms with Crippen LogP contribution in [0.15, 0.2) is 0 Å². The molecule has 0 aliphatic carbocycles. The molecule has 0 unspecified atom stereocenters. The van der Waals surface area contributed by atoms with Crippen LogP contribution < -0.4 is 21.3 Å². The fourth-order valence-corrected chi connectivity index (χ4v) is 2.47. The minimum absolute atomic E-state index is 0.397. The van der Waals surface area contributed by atoms with E-state index in [1.54, 1.807) is 13.8 Å². The highest BCUT2D eigenvalue weighted by Gasteiger charge is 2.43. The molecule has 0 heterocycles. The number of esters is 1. The van der Waals surface area contributed by atoms with Gasteiger partial charge in [0, 0.05) is 0 Å². The van der Waals surface area contributed by atoms with E-state index in [-0.39, 0.29) is 0 Å². The first kappa shape index (κ1) is 31.3. The van der Waals surface area contributed by atoms with E-state index >= 15 is 0 Å². The molecule has 0 aromatic heterocycles. The third kappa shape index (κ3) is 7.68. The highest BCUT2D eigenvalue weighted by Crippen LogP contribution is 2.19. The third-order valence-corrected chi connectivity index (χ3v) is 5.69. The van der Waals surface area contributed by atoms with Gasteiger partial charge in [-0.3, -0.25) is 19.2 Å². The predicted octanol–water partition coefficient (Wildman–Crippen LogP) is 0.146. The molecule has 0 fully saturated rings. The molecule has 0 spiro atoms. The van der Waals surface area contributed by atoms with Crippen LogP contribution in [0.25, 0.3) is 0 Å². The van der Waals surface area contributed by atoms with Crippen molar-refractivity contribution in [3.8, 4) is 0 Å². The Morgan fingerprint density at radius 1 is 0.588 bits per heavy atom. The van der Waals surface area contributed by atoms with E-state index in [2.05, 4.69) is 26.0 Å². The Morgan fingerprint density at radius 3 is 1.12 bits per heavy atom. The van der Waals surface area contributed by atoms with Crippen molar-refractivity contribution in [2.75, 3.05) is 7.11 Å². The summed E-state index contributed by atoms with van der Waals surface area (Å²) in [5.74, 6) is -3.76. The minimum atomic E-state index is -1.69. The number of rotatable bonds is 10. The van der Waals surface area contributed by atoms with Crippen LogP contribution in [-0.4, -0.2) is 69.6 Å². The van der Waals surface area contributed by atoms with Crippen molar-refractivity contribution in [1.29, 1.82) is 0 Å². The topological polar surface area (TPSA) is 163 Å². The Labute approximate surface area is 202 Å². The zero-order chi connectivity index (χ0) is 27.5. The average Bonchev–Trinajstić information content (AvgIpc) is 2.65. The lowest BCUT2D eigenvalue weighted by Crippen LogP contribution is -2.68. The van der Waals surface area contributed by atoms with Crippen molar-refractivity contribution in [3.05, 3.63) is 0 Å². The molecule has 0 rings (SSSR count). The van der Waals surface area contributed by atoms with Crippen LogP contribution in [0, 0.1) is 5.92 Å². The predicted molar refractivity (Wildman–Crippen MR) is 126 cm³/mol. The lowest BCUT2D eigenvalue weighted by atomic mass is 9.90. The maximum Gasteiger partial charge on any atom is 0.330 e. The molecule has 5 N–H and O–H groups in total. The van der Waals surface area contributed by atoms with Crippen LogP contribution in [0.3, 0.4) is 0 Å². The summed E-state index contributed by atoms with van der Waals surface area (Å²) in [6, 6.07) is 0. The van der Waals surface area contributed by atoms with Crippen molar-refractivity contribution in [3.63, 3.8) is 0 Å². The summed E-state index contributed by atoms with van der Waals surface area (Å²) in [4.78, 5) is 62.9. The van der Waals surface area contributed by atoms with Crippen LogP contribution in [-0.2, 0) is 28.7 Å². The molecule has 0 bridgehead atoms. The average molecular weight is 487 g/mol. The van der Waals surface area contributed by atoms with Gasteiger partial charge < -0.3 is 31.1 Å². The Balaban J connectivity index is 5.42. The third-order valence-electron chi connectivity index (χ3n) is 5.69. The second-order valence-corrected chi connectivity index (χ2v) is 11.1. The summed E-state index contributed by atoms with van der Waals surface area (Å²) < 4.78 is 4.67. The van der Waals surface area contributed by atoms with Crippen molar-refractivity contribution in [2.24, 2.45) is 5.92 Å². The minimum Gasteiger partial charge on any atom is -0.467 e. The number of amides is 4. The Hall–Kier alpha value is -2.69. The highest BCUT2D eigenvalue weighted by molar-refractivity contribution is 5.99. The summed E-state index contributed by atoms with van der Waals surface area (Å²) in [5.41, 5.74) is -7.39. The molecular weight excluding hydrogens is 444 g/mol. The van der Waals surface area contributed by atoms with Gasteiger partial charge in [0.1, 0.15) is 27.8 Å². The molecule has 1 atom stereocenters. The van der Waals surface area contributed by atoms with Gasteiger partial charge in [-0.2, -0.15) is 0 Å². The van der Waals surface area contributed by atoms with Gasteiger partial charge >= 0.3 is 5.97 Å². The van der Waals surface area contributed by atoms with Crippen molar-refractivity contribution in [2.45, 2.75) is 104 Å². The molecule has 0 aromatic rings. The van der Waals surface area contributed by atoms with E-state index < -0.39 is 63.3 Å². The number of aliphatic hydroxyl groups is 1. The summed E-state index contributed by atoms with van der Waals surface area (Å²) >= 11 is 0. The van der Waals surface area contributed by atoms with Gasteiger partial charge in [-0.05, 0) is 68.2 Å². The van der Waals surface area contributed by atoms with Crippen LogP contribution in [0.2, 0.25) is 0 Å². The van der Waals surface area contributed by atoms with Crippen LogP contribution >= 0.6 is 0 Å². The fraction of sp³-hybridized carbons (Fsp3) is 0.783. The maximum absolute atomic E-state index is 12.9. The van der Waals surface area contributed by atoms with Crippen molar-refractivity contribution < 1.29 is 33.8 Å². The van der Waals surface area contributed by atoms with Crippen molar-refractivity contribution >= 4 is 29.6 Å². The largest absolute Gasteiger partial charge is 0.467 e. The number of methoxy groups -OCH3 is 1. The van der Waals surface area contributed by atoms with Gasteiger partial charge in [0.25, 0.3) is 5.91 Å². The fourth-order valence-electron chi connectivity index (χ4n) is 2.47. The van der Waals surface area contributed by atoms with Gasteiger partial charge in [0.2, 0.25) is 17.7 Å². The first-order chi connectivity index (χ1) is 14.9. The van der Waals surface area contributed by atoms with Crippen LogP contribution in [0.5, 0.6) is 0 Å². The Morgan fingerprint density at radius 2 is 0.853 bits per heavy atom. The van der Waals surface area contributed by atoms with E-state index in [4.69, 9.17) is 0 Å². The molecule has 11 nitrogen and oxygen atoms in total. The van der Waals surface area contributed by atoms with E-state index in [0.29, 0.717) is 0 Å². The molecule has 196 valence electrons. The summed E-state index contributed by atoms with van der Waals surface area (Å²) in [6.45, 7) is 16.3. The number of carbonyl (C=O) groups excluding carboxylic acids is 5. The molecule has 0 saturated heterocycles. The van der Waals surface area contributed by atoms with E-state index in [0.717, 1.165) is 0 Å². The van der Waals surface area contributed by atoms with Crippen LogP contribution in [0.4, 0.5) is 0 Å². The molecule has 11 heteroatoms. The van der Waals surface area contributed by atoms with Gasteiger partial charge in [-0.25, -0.2) is 4.79 Å². The molecule has 34 heavy (non-hydrogen) atoms. The molecule has 0 aromatic carbocycles. The molecule has 0 aliphatic heterocycles. The van der Waals surface area contributed by atoms with E-state index in [9.17, 15) is 29.1 Å². The molecule has 4 amide bonds. The molecule has 0 radical (unpaired) electrons. The first-order valence-corrected chi connectivity index (χ1v) is 11.0. The molecule has 0 aliphatic rings.